The molecule has 2 rings (SSSR count). The quantitative estimate of drug-likeness (QED) is 0.944. The number of rotatable bonds is 4. The van der Waals surface area contributed by atoms with Crippen LogP contribution in [-0.4, -0.2) is 15.5 Å². The van der Waals surface area contributed by atoms with Gasteiger partial charge < -0.3 is 5.73 Å². The van der Waals surface area contributed by atoms with E-state index in [2.05, 4.69) is 0 Å². The Hall–Kier alpha value is -1.37. The number of para-hydroxylation sites is 1. The number of benzene rings is 1. The van der Waals surface area contributed by atoms with Gasteiger partial charge in [0.05, 0.1) is 5.69 Å². The monoisotopic (exact) mass is 310 g/mol. The van der Waals surface area contributed by atoms with Gasteiger partial charge in [-0.15, -0.1) is 11.3 Å². The summed E-state index contributed by atoms with van der Waals surface area (Å²) in [4.78, 5) is 0.904. The van der Waals surface area contributed by atoms with E-state index >= 15 is 0 Å². The third kappa shape index (κ3) is 2.59. The van der Waals surface area contributed by atoms with Gasteiger partial charge in [0.25, 0.3) is 10.0 Å². The normalized spacial score (nSPS) is 11.6. The van der Waals surface area contributed by atoms with Crippen LogP contribution in [-0.2, 0) is 16.6 Å². The van der Waals surface area contributed by atoms with Crippen LogP contribution in [0.3, 0.4) is 0 Å². The van der Waals surface area contributed by atoms with Gasteiger partial charge in [-0.25, -0.2) is 8.42 Å². The van der Waals surface area contributed by atoms with Crippen LogP contribution in [0.4, 0.5) is 5.69 Å². The van der Waals surface area contributed by atoms with Crippen LogP contribution in [0.2, 0.25) is 0 Å². The highest BCUT2D eigenvalue weighted by molar-refractivity contribution is 7.94. The molecule has 0 spiro atoms. The standard InChI is InChI=1S/C14H18N2O2S2/c1-10-6-4-5-7-12(10)16(3)20(17,18)14-8-11(2)13(9-15)19-14/h4-8H,9,15H2,1-3H3. The van der Waals surface area contributed by atoms with Gasteiger partial charge in [-0.1, -0.05) is 18.2 Å². The van der Waals surface area contributed by atoms with E-state index in [0.29, 0.717) is 16.4 Å². The van der Waals surface area contributed by atoms with E-state index in [4.69, 9.17) is 5.73 Å². The average molecular weight is 310 g/mol. The number of nitrogens with two attached hydrogens (primary N) is 1. The highest BCUT2D eigenvalue weighted by Gasteiger charge is 2.25. The lowest BCUT2D eigenvalue weighted by molar-refractivity contribution is 0.596. The second kappa shape index (κ2) is 5.55. The number of nitrogens with zero attached hydrogens (tertiary/aromatic N) is 1. The molecular formula is C14H18N2O2S2. The molecule has 0 fully saturated rings. The van der Waals surface area contributed by atoms with Crippen LogP contribution >= 0.6 is 11.3 Å². The third-order valence-corrected chi connectivity index (χ3v) is 6.73. The van der Waals surface area contributed by atoms with Crippen molar-refractivity contribution in [3.05, 3.63) is 46.3 Å². The number of aryl methyl sites for hydroxylation is 2. The smallest absolute Gasteiger partial charge is 0.273 e. The van der Waals surface area contributed by atoms with Gasteiger partial charge in [0.15, 0.2) is 0 Å². The number of thiophene rings is 1. The first kappa shape index (κ1) is 15.0. The summed E-state index contributed by atoms with van der Waals surface area (Å²) in [6, 6.07) is 9.11. The topological polar surface area (TPSA) is 63.4 Å². The van der Waals surface area contributed by atoms with Crippen LogP contribution in [0.15, 0.2) is 34.5 Å². The minimum Gasteiger partial charge on any atom is -0.326 e. The lowest BCUT2D eigenvalue weighted by Crippen LogP contribution is -2.26. The Morgan fingerprint density at radius 2 is 1.85 bits per heavy atom. The van der Waals surface area contributed by atoms with Crippen LogP contribution in [0.5, 0.6) is 0 Å². The van der Waals surface area contributed by atoms with E-state index in [-0.39, 0.29) is 0 Å². The summed E-state index contributed by atoms with van der Waals surface area (Å²) in [6.07, 6.45) is 0. The predicted octanol–water partition coefficient (Wildman–Crippen LogP) is 2.65. The molecule has 0 bridgehead atoms. The largest absolute Gasteiger partial charge is 0.326 e. The molecule has 0 atom stereocenters. The molecule has 0 radical (unpaired) electrons. The van der Waals surface area contributed by atoms with Gasteiger partial charge in [-0.05, 0) is 37.1 Å². The molecule has 0 aliphatic rings. The highest BCUT2D eigenvalue weighted by Crippen LogP contribution is 2.31. The summed E-state index contributed by atoms with van der Waals surface area (Å²) < 4.78 is 27.0. The summed E-state index contributed by atoms with van der Waals surface area (Å²) in [6.45, 7) is 4.14. The molecular weight excluding hydrogens is 292 g/mol. The summed E-state index contributed by atoms with van der Waals surface area (Å²) in [5.41, 5.74) is 8.16. The summed E-state index contributed by atoms with van der Waals surface area (Å²) in [5.74, 6) is 0. The van der Waals surface area contributed by atoms with Crippen molar-refractivity contribution in [2.24, 2.45) is 5.73 Å². The van der Waals surface area contributed by atoms with Gasteiger partial charge in [-0.2, -0.15) is 0 Å². The minimum absolute atomic E-state index is 0.334. The zero-order chi connectivity index (χ0) is 14.9. The average Bonchev–Trinajstić information content (AvgIpc) is 2.80. The van der Waals surface area contributed by atoms with E-state index in [1.165, 1.54) is 15.6 Å². The highest BCUT2D eigenvalue weighted by atomic mass is 32.2. The number of sulfonamides is 1. The van der Waals surface area contributed by atoms with Crippen molar-refractivity contribution in [3.8, 4) is 0 Å². The van der Waals surface area contributed by atoms with Crippen LogP contribution < -0.4 is 10.0 Å². The molecule has 0 saturated carbocycles. The molecule has 0 saturated heterocycles. The van der Waals surface area contributed by atoms with Crippen LogP contribution in [0, 0.1) is 13.8 Å². The molecule has 2 aromatic rings. The predicted molar refractivity (Wildman–Crippen MR) is 83.7 cm³/mol. The van der Waals surface area contributed by atoms with E-state index in [9.17, 15) is 8.42 Å². The Kier molecular flexibility index (Phi) is 4.17. The zero-order valence-corrected chi connectivity index (χ0v) is 13.4. The Morgan fingerprint density at radius 1 is 1.20 bits per heavy atom. The van der Waals surface area contributed by atoms with Gasteiger partial charge in [-0.3, -0.25) is 4.31 Å². The third-order valence-electron chi connectivity index (χ3n) is 3.25. The maximum Gasteiger partial charge on any atom is 0.273 e. The Balaban J connectivity index is 2.47. The molecule has 4 nitrogen and oxygen atoms in total. The van der Waals surface area contributed by atoms with E-state index in [1.807, 2.05) is 32.0 Å². The Labute approximate surface area is 123 Å². The lowest BCUT2D eigenvalue weighted by atomic mass is 10.2. The summed E-state index contributed by atoms with van der Waals surface area (Å²) in [5, 5.41) is 0. The molecule has 1 aromatic carbocycles. The van der Waals surface area contributed by atoms with Crippen molar-refractivity contribution >= 4 is 27.0 Å². The first-order valence-electron chi connectivity index (χ1n) is 6.22. The van der Waals surface area contributed by atoms with Crippen molar-refractivity contribution in [1.82, 2.24) is 0 Å². The van der Waals surface area contributed by atoms with Crippen molar-refractivity contribution in [2.75, 3.05) is 11.4 Å². The minimum atomic E-state index is -3.53. The molecule has 0 amide bonds. The van der Waals surface area contributed by atoms with Crippen molar-refractivity contribution in [3.63, 3.8) is 0 Å². The van der Waals surface area contributed by atoms with Gasteiger partial charge in [0.1, 0.15) is 4.21 Å². The maximum atomic E-state index is 12.7. The zero-order valence-electron chi connectivity index (χ0n) is 11.8. The molecule has 6 heteroatoms. The number of hydrogen-bond donors (Lipinski definition) is 1. The van der Waals surface area contributed by atoms with Crippen molar-refractivity contribution in [2.45, 2.75) is 24.6 Å². The molecule has 20 heavy (non-hydrogen) atoms. The fourth-order valence-corrected chi connectivity index (χ4v) is 4.90. The summed E-state index contributed by atoms with van der Waals surface area (Å²) in [7, 11) is -1.95. The van der Waals surface area contributed by atoms with E-state index in [0.717, 1.165) is 16.0 Å². The summed E-state index contributed by atoms with van der Waals surface area (Å²) >= 11 is 1.24. The fraction of sp³-hybridized carbons (Fsp3) is 0.286. The Morgan fingerprint density at radius 3 is 2.40 bits per heavy atom. The van der Waals surface area contributed by atoms with Gasteiger partial charge >= 0.3 is 0 Å². The van der Waals surface area contributed by atoms with E-state index in [1.54, 1.807) is 19.2 Å². The molecule has 0 unspecified atom stereocenters. The van der Waals surface area contributed by atoms with Crippen molar-refractivity contribution < 1.29 is 8.42 Å². The van der Waals surface area contributed by atoms with Gasteiger partial charge in [0, 0.05) is 18.5 Å². The maximum absolute atomic E-state index is 12.7. The molecule has 108 valence electrons. The van der Waals surface area contributed by atoms with Crippen LogP contribution in [0.25, 0.3) is 0 Å². The van der Waals surface area contributed by atoms with Gasteiger partial charge in [0.2, 0.25) is 0 Å². The first-order valence-corrected chi connectivity index (χ1v) is 8.47. The first-order chi connectivity index (χ1) is 9.37. The number of hydrogen-bond acceptors (Lipinski definition) is 4. The second-order valence-corrected chi connectivity index (χ2v) is 7.97. The lowest BCUT2D eigenvalue weighted by Gasteiger charge is -2.20. The number of anilines is 1. The van der Waals surface area contributed by atoms with E-state index < -0.39 is 10.0 Å². The van der Waals surface area contributed by atoms with Crippen molar-refractivity contribution in [1.29, 1.82) is 0 Å². The van der Waals surface area contributed by atoms with Crippen LogP contribution in [0.1, 0.15) is 16.0 Å². The Bertz CT molecular complexity index is 721. The SMILES string of the molecule is Cc1ccccc1N(C)S(=O)(=O)c1cc(C)c(CN)s1. The molecule has 1 aromatic heterocycles. The molecule has 0 aliphatic carbocycles. The molecule has 2 N–H and O–H groups in total. The molecule has 0 aliphatic heterocycles. The second-order valence-electron chi connectivity index (χ2n) is 4.63. The molecule has 1 heterocycles. The fourth-order valence-electron chi connectivity index (χ4n) is 2.00.